The van der Waals surface area contributed by atoms with E-state index < -0.39 is 0 Å². The Bertz CT molecular complexity index is 406. The smallest absolute Gasteiger partial charge is 0.193 e. The van der Waals surface area contributed by atoms with E-state index in [0.717, 1.165) is 57.9 Å². The summed E-state index contributed by atoms with van der Waals surface area (Å²) < 4.78 is 5.47. The molecule has 2 aliphatic heterocycles. The molecule has 3 rings (SSSR count). The van der Waals surface area contributed by atoms with Crippen LogP contribution in [-0.4, -0.2) is 98.8 Å². The summed E-state index contributed by atoms with van der Waals surface area (Å²) in [4.78, 5) is 12.0. The van der Waals surface area contributed by atoms with Crippen molar-refractivity contribution >= 4 is 5.96 Å². The van der Waals surface area contributed by atoms with E-state index >= 15 is 0 Å². The molecule has 0 spiro atoms. The van der Waals surface area contributed by atoms with Crippen LogP contribution in [0.3, 0.4) is 0 Å². The minimum absolute atomic E-state index is 0.553. The van der Waals surface area contributed by atoms with Gasteiger partial charge in [0, 0.05) is 57.9 Å². The van der Waals surface area contributed by atoms with Crippen molar-refractivity contribution in [3.8, 4) is 0 Å². The van der Waals surface area contributed by atoms with Crippen molar-refractivity contribution in [2.75, 3.05) is 60.0 Å². The average Bonchev–Trinajstić information content (AvgIpc) is 3.33. The second kappa shape index (κ2) is 7.81. The number of morpholine rings is 1. The first kappa shape index (κ1) is 17.0. The zero-order valence-corrected chi connectivity index (χ0v) is 15.0. The molecule has 0 aromatic rings. The summed E-state index contributed by atoms with van der Waals surface area (Å²) in [6, 6.07) is 2.02. The second-order valence-electron chi connectivity index (χ2n) is 7.21. The van der Waals surface area contributed by atoms with E-state index in [-0.39, 0.29) is 0 Å². The molecule has 2 saturated heterocycles. The molecule has 1 N–H and O–H groups in total. The molecular weight excluding hydrogens is 290 g/mol. The van der Waals surface area contributed by atoms with E-state index in [1.807, 2.05) is 7.05 Å². The van der Waals surface area contributed by atoms with Crippen molar-refractivity contribution in [2.45, 2.75) is 44.3 Å². The number of nitrogens with one attached hydrogen (secondary N) is 1. The number of likely N-dealkylation sites (N-methyl/N-ethyl adjacent to an activating group) is 1. The summed E-state index contributed by atoms with van der Waals surface area (Å²) >= 11 is 0. The Hall–Kier alpha value is -0.850. The van der Waals surface area contributed by atoms with Crippen LogP contribution in [-0.2, 0) is 4.74 Å². The standard InChI is InChI=1S/C17H33N5O/c1-14(20(3)15-4-5-15)12-19-17(18-2)22-7-6-16(13-22)21-8-10-23-11-9-21/h14-16H,4-13H2,1-3H3,(H,18,19). The number of ether oxygens (including phenoxy) is 1. The van der Waals surface area contributed by atoms with Crippen LogP contribution in [0.4, 0.5) is 0 Å². The molecule has 3 aliphatic rings. The van der Waals surface area contributed by atoms with Crippen molar-refractivity contribution in [1.29, 1.82) is 0 Å². The minimum atomic E-state index is 0.553. The van der Waals surface area contributed by atoms with Crippen LogP contribution in [0.2, 0.25) is 0 Å². The van der Waals surface area contributed by atoms with Gasteiger partial charge in [0.2, 0.25) is 0 Å². The molecule has 0 aromatic carbocycles. The van der Waals surface area contributed by atoms with Gasteiger partial charge >= 0.3 is 0 Å². The van der Waals surface area contributed by atoms with E-state index in [0.29, 0.717) is 12.1 Å². The number of nitrogens with zero attached hydrogens (tertiary/aromatic N) is 4. The fourth-order valence-electron chi connectivity index (χ4n) is 3.73. The molecule has 0 aromatic heterocycles. The van der Waals surface area contributed by atoms with Crippen molar-refractivity contribution in [3.05, 3.63) is 0 Å². The number of hydrogen-bond acceptors (Lipinski definition) is 4. The summed E-state index contributed by atoms with van der Waals surface area (Å²) in [7, 11) is 4.15. The summed E-state index contributed by atoms with van der Waals surface area (Å²) in [6.07, 6.45) is 3.96. The summed E-state index contributed by atoms with van der Waals surface area (Å²) in [5, 5.41) is 3.59. The Morgan fingerprint density at radius 1 is 1.26 bits per heavy atom. The normalized spacial score (nSPS) is 28.4. The fraction of sp³-hybridized carbons (Fsp3) is 0.941. The fourth-order valence-corrected chi connectivity index (χ4v) is 3.73. The number of guanidine groups is 1. The molecule has 1 saturated carbocycles. The highest BCUT2D eigenvalue weighted by molar-refractivity contribution is 5.80. The highest BCUT2D eigenvalue weighted by atomic mass is 16.5. The molecule has 23 heavy (non-hydrogen) atoms. The molecule has 1 aliphatic carbocycles. The Balaban J connectivity index is 1.45. The maximum Gasteiger partial charge on any atom is 0.193 e. The summed E-state index contributed by atoms with van der Waals surface area (Å²) in [6.45, 7) is 9.39. The zero-order chi connectivity index (χ0) is 16.2. The maximum absolute atomic E-state index is 5.47. The van der Waals surface area contributed by atoms with Gasteiger partial charge in [0.15, 0.2) is 5.96 Å². The van der Waals surface area contributed by atoms with Gasteiger partial charge in [-0.2, -0.15) is 0 Å². The largest absolute Gasteiger partial charge is 0.379 e. The van der Waals surface area contributed by atoms with Gasteiger partial charge in [-0.1, -0.05) is 0 Å². The molecule has 2 atom stereocenters. The monoisotopic (exact) mass is 323 g/mol. The Labute approximate surface area is 140 Å². The first-order chi connectivity index (χ1) is 11.2. The summed E-state index contributed by atoms with van der Waals surface area (Å²) in [5.41, 5.74) is 0. The predicted octanol–water partition coefficient (Wildman–Crippen LogP) is 0.451. The number of aliphatic imine (C=N–C) groups is 1. The van der Waals surface area contributed by atoms with Gasteiger partial charge in [-0.05, 0) is 33.2 Å². The number of likely N-dealkylation sites (tertiary alicyclic amines) is 1. The van der Waals surface area contributed by atoms with Crippen LogP contribution < -0.4 is 5.32 Å². The van der Waals surface area contributed by atoms with Crippen molar-refractivity contribution in [2.24, 2.45) is 4.99 Å². The Morgan fingerprint density at radius 2 is 2.00 bits per heavy atom. The van der Waals surface area contributed by atoms with Crippen LogP contribution in [0, 0.1) is 0 Å². The topological polar surface area (TPSA) is 43.3 Å². The summed E-state index contributed by atoms with van der Waals surface area (Å²) in [5.74, 6) is 1.07. The molecule has 6 nitrogen and oxygen atoms in total. The van der Waals surface area contributed by atoms with E-state index in [2.05, 4.69) is 39.0 Å². The molecule has 3 fully saturated rings. The van der Waals surface area contributed by atoms with Gasteiger partial charge in [0.25, 0.3) is 0 Å². The third-order valence-electron chi connectivity index (χ3n) is 5.61. The minimum Gasteiger partial charge on any atom is -0.379 e. The molecular formula is C17H33N5O. The Kier molecular flexibility index (Phi) is 5.77. The molecule has 0 radical (unpaired) electrons. The van der Waals surface area contributed by atoms with Gasteiger partial charge in [0.05, 0.1) is 13.2 Å². The van der Waals surface area contributed by atoms with Gasteiger partial charge in [-0.3, -0.25) is 14.8 Å². The van der Waals surface area contributed by atoms with Gasteiger partial charge in [-0.15, -0.1) is 0 Å². The molecule has 132 valence electrons. The first-order valence-corrected chi connectivity index (χ1v) is 9.18. The van der Waals surface area contributed by atoms with E-state index in [1.165, 1.54) is 19.3 Å². The van der Waals surface area contributed by atoms with Crippen LogP contribution in [0.15, 0.2) is 4.99 Å². The van der Waals surface area contributed by atoms with Crippen LogP contribution in [0.1, 0.15) is 26.2 Å². The third-order valence-corrected chi connectivity index (χ3v) is 5.61. The molecule has 0 bridgehead atoms. The van der Waals surface area contributed by atoms with Gasteiger partial charge in [0.1, 0.15) is 0 Å². The molecule has 2 unspecified atom stereocenters. The lowest BCUT2D eigenvalue weighted by Gasteiger charge is -2.32. The molecule has 0 amide bonds. The van der Waals surface area contributed by atoms with Crippen LogP contribution in [0.5, 0.6) is 0 Å². The Morgan fingerprint density at radius 3 is 2.65 bits per heavy atom. The molecule has 6 heteroatoms. The highest BCUT2D eigenvalue weighted by Gasteiger charge is 2.31. The van der Waals surface area contributed by atoms with E-state index in [1.54, 1.807) is 0 Å². The third kappa shape index (κ3) is 4.37. The first-order valence-electron chi connectivity index (χ1n) is 9.18. The van der Waals surface area contributed by atoms with Crippen molar-refractivity contribution in [3.63, 3.8) is 0 Å². The number of rotatable bonds is 5. The number of hydrogen-bond donors (Lipinski definition) is 1. The lowest BCUT2D eigenvalue weighted by atomic mass is 10.2. The van der Waals surface area contributed by atoms with E-state index in [4.69, 9.17) is 4.74 Å². The van der Waals surface area contributed by atoms with Crippen molar-refractivity contribution < 1.29 is 4.74 Å². The van der Waals surface area contributed by atoms with Crippen LogP contribution >= 0.6 is 0 Å². The SMILES string of the molecule is CN=C(NCC(C)N(C)C1CC1)N1CCC(N2CCOCC2)C1. The van der Waals surface area contributed by atoms with Crippen LogP contribution in [0.25, 0.3) is 0 Å². The zero-order valence-electron chi connectivity index (χ0n) is 15.0. The second-order valence-corrected chi connectivity index (χ2v) is 7.21. The lowest BCUT2D eigenvalue weighted by Crippen LogP contribution is -2.48. The average molecular weight is 323 g/mol. The quantitative estimate of drug-likeness (QED) is 0.588. The van der Waals surface area contributed by atoms with Crippen molar-refractivity contribution in [1.82, 2.24) is 20.0 Å². The lowest BCUT2D eigenvalue weighted by molar-refractivity contribution is 0.0195. The molecule has 2 heterocycles. The highest BCUT2D eigenvalue weighted by Crippen LogP contribution is 2.26. The van der Waals surface area contributed by atoms with Gasteiger partial charge in [-0.25, -0.2) is 0 Å². The van der Waals surface area contributed by atoms with Gasteiger partial charge < -0.3 is 15.0 Å². The predicted molar refractivity (Wildman–Crippen MR) is 94.0 cm³/mol. The maximum atomic E-state index is 5.47. The van der Waals surface area contributed by atoms with E-state index in [9.17, 15) is 0 Å².